The fraction of sp³-hybridized carbons (Fsp3) is 0.368. The lowest BCUT2D eigenvalue weighted by Gasteiger charge is -2.27. The Balaban J connectivity index is 1.53. The van der Waals surface area contributed by atoms with Crippen molar-refractivity contribution in [2.75, 3.05) is 44.3 Å². The lowest BCUT2D eigenvalue weighted by molar-refractivity contribution is 0.0376. The summed E-state index contributed by atoms with van der Waals surface area (Å²) in [5, 5.41) is 0.704. The summed E-state index contributed by atoms with van der Waals surface area (Å²) in [6.07, 6.45) is 0.865. The van der Waals surface area contributed by atoms with Crippen molar-refractivity contribution in [2.45, 2.75) is 6.42 Å². The molecule has 0 aliphatic carbocycles. The summed E-state index contributed by atoms with van der Waals surface area (Å²) >= 11 is 4.80. The lowest BCUT2D eigenvalue weighted by Crippen LogP contribution is -2.39. The highest BCUT2D eigenvalue weighted by Crippen LogP contribution is 2.30. The number of rotatable bonds is 6. The summed E-state index contributed by atoms with van der Waals surface area (Å²) in [6.45, 7) is 4.97. The van der Waals surface area contributed by atoms with Gasteiger partial charge in [-0.2, -0.15) is 0 Å². The highest BCUT2D eigenvalue weighted by atomic mass is 79.9. The Kier molecular flexibility index (Phi) is 5.87. The van der Waals surface area contributed by atoms with E-state index in [4.69, 9.17) is 9.15 Å². The number of carbonyl (C=O) groups excluding carboxylic acids is 1. The number of halogens is 1. The SMILES string of the molecule is O=C(c1ccc(Br)o1)N(CCCN1CCOCC1)c1nc2ccccc2s1. The normalized spacial score (nSPS) is 15.3. The molecule has 142 valence electrons. The average molecular weight is 450 g/mol. The van der Waals surface area contributed by atoms with E-state index >= 15 is 0 Å². The zero-order valence-electron chi connectivity index (χ0n) is 14.8. The highest BCUT2D eigenvalue weighted by Gasteiger charge is 2.24. The van der Waals surface area contributed by atoms with Crippen LogP contribution in [0.4, 0.5) is 5.13 Å². The van der Waals surface area contributed by atoms with Crippen LogP contribution in [0.25, 0.3) is 10.2 Å². The second kappa shape index (κ2) is 8.52. The fourth-order valence-electron chi connectivity index (χ4n) is 3.10. The number of amides is 1. The summed E-state index contributed by atoms with van der Waals surface area (Å²) in [7, 11) is 0. The second-order valence-corrected chi connectivity index (χ2v) is 8.12. The molecule has 0 N–H and O–H groups in total. The summed E-state index contributed by atoms with van der Waals surface area (Å²) in [5.74, 6) is 0.147. The maximum Gasteiger partial charge on any atom is 0.295 e. The molecule has 1 aromatic carbocycles. The monoisotopic (exact) mass is 449 g/mol. The molecule has 6 nitrogen and oxygen atoms in total. The number of morpholine rings is 1. The lowest BCUT2D eigenvalue weighted by atomic mass is 10.3. The van der Waals surface area contributed by atoms with Crippen LogP contribution >= 0.6 is 27.3 Å². The van der Waals surface area contributed by atoms with Gasteiger partial charge in [-0.1, -0.05) is 23.5 Å². The maximum absolute atomic E-state index is 13.1. The Hall–Kier alpha value is -1.74. The Bertz CT molecular complexity index is 887. The zero-order valence-corrected chi connectivity index (χ0v) is 17.2. The largest absolute Gasteiger partial charge is 0.444 e. The predicted octanol–water partition coefficient (Wildman–Crippen LogP) is 4.02. The molecule has 1 saturated heterocycles. The Labute approximate surface area is 169 Å². The first-order valence-electron chi connectivity index (χ1n) is 8.93. The molecule has 1 aliphatic heterocycles. The number of para-hydroxylation sites is 1. The Morgan fingerprint density at radius 1 is 1.22 bits per heavy atom. The number of hydrogen-bond donors (Lipinski definition) is 0. The number of ether oxygens (including phenoxy) is 1. The molecule has 3 aromatic rings. The van der Waals surface area contributed by atoms with E-state index < -0.39 is 0 Å². The maximum atomic E-state index is 13.1. The van der Waals surface area contributed by atoms with E-state index in [1.165, 1.54) is 11.3 Å². The van der Waals surface area contributed by atoms with Gasteiger partial charge in [0.05, 0.1) is 23.4 Å². The van der Waals surface area contributed by atoms with Crippen LogP contribution in [0.1, 0.15) is 17.0 Å². The van der Waals surface area contributed by atoms with Gasteiger partial charge < -0.3 is 9.15 Å². The molecule has 1 amide bonds. The van der Waals surface area contributed by atoms with Crippen molar-refractivity contribution in [3.05, 3.63) is 46.8 Å². The number of anilines is 1. The molecule has 0 spiro atoms. The Morgan fingerprint density at radius 2 is 2.04 bits per heavy atom. The smallest absolute Gasteiger partial charge is 0.295 e. The van der Waals surface area contributed by atoms with Gasteiger partial charge in [0.2, 0.25) is 0 Å². The minimum atomic E-state index is -0.165. The van der Waals surface area contributed by atoms with Gasteiger partial charge in [0.1, 0.15) is 0 Å². The molecule has 8 heteroatoms. The van der Waals surface area contributed by atoms with E-state index in [1.807, 2.05) is 24.3 Å². The first-order valence-corrected chi connectivity index (χ1v) is 10.5. The van der Waals surface area contributed by atoms with E-state index in [0.717, 1.165) is 49.5 Å². The third-order valence-corrected chi connectivity index (χ3v) is 5.99. The van der Waals surface area contributed by atoms with Crippen molar-refractivity contribution in [3.63, 3.8) is 0 Å². The molecular formula is C19H20BrN3O3S. The van der Waals surface area contributed by atoms with Gasteiger partial charge in [0.25, 0.3) is 5.91 Å². The van der Waals surface area contributed by atoms with E-state index in [1.54, 1.807) is 17.0 Å². The first-order chi connectivity index (χ1) is 13.2. The third kappa shape index (κ3) is 4.40. The quantitative estimate of drug-likeness (QED) is 0.568. The molecule has 1 aliphatic rings. The van der Waals surface area contributed by atoms with Crippen LogP contribution < -0.4 is 4.90 Å². The number of nitrogens with zero attached hydrogens (tertiary/aromatic N) is 3. The van der Waals surface area contributed by atoms with Gasteiger partial charge in [0.15, 0.2) is 15.6 Å². The number of thiazole rings is 1. The summed E-state index contributed by atoms with van der Waals surface area (Å²) < 4.78 is 12.5. The summed E-state index contributed by atoms with van der Waals surface area (Å²) in [5.41, 5.74) is 0.907. The minimum absolute atomic E-state index is 0.165. The van der Waals surface area contributed by atoms with Crippen LogP contribution in [0.3, 0.4) is 0 Å². The van der Waals surface area contributed by atoms with E-state index in [0.29, 0.717) is 22.1 Å². The van der Waals surface area contributed by atoms with Crippen LogP contribution in [0.5, 0.6) is 0 Å². The van der Waals surface area contributed by atoms with Gasteiger partial charge in [-0.05, 0) is 46.6 Å². The fourth-order valence-corrected chi connectivity index (χ4v) is 4.40. The molecule has 0 unspecified atom stereocenters. The molecular weight excluding hydrogens is 430 g/mol. The minimum Gasteiger partial charge on any atom is -0.444 e. The summed E-state index contributed by atoms with van der Waals surface area (Å²) in [4.78, 5) is 21.8. The van der Waals surface area contributed by atoms with Crippen molar-refractivity contribution in [2.24, 2.45) is 0 Å². The number of carbonyl (C=O) groups is 1. The predicted molar refractivity (Wildman–Crippen MR) is 110 cm³/mol. The summed E-state index contributed by atoms with van der Waals surface area (Å²) in [6, 6.07) is 11.4. The number of aromatic nitrogens is 1. The average Bonchev–Trinajstić information content (AvgIpc) is 3.31. The molecule has 4 rings (SSSR count). The van der Waals surface area contributed by atoms with Crippen molar-refractivity contribution in [1.82, 2.24) is 9.88 Å². The number of hydrogen-bond acceptors (Lipinski definition) is 6. The number of furan rings is 1. The van der Waals surface area contributed by atoms with E-state index in [-0.39, 0.29) is 5.91 Å². The molecule has 1 fully saturated rings. The van der Waals surface area contributed by atoms with Crippen molar-refractivity contribution < 1.29 is 13.9 Å². The van der Waals surface area contributed by atoms with Crippen molar-refractivity contribution in [1.29, 1.82) is 0 Å². The topological polar surface area (TPSA) is 58.8 Å². The van der Waals surface area contributed by atoms with Gasteiger partial charge in [-0.15, -0.1) is 0 Å². The molecule has 3 heterocycles. The van der Waals surface area contributed by atoms with E-state index in [9.17, 15) is 4.79 Å². The van der Waals surface area contributed by atoms with Crippen molar-refractivity contribution >= 4 is 48.5 Å². The third-order valence-electron chi connectivity index (χ3n) is 4.50. The zero-order chi connectivity index (χ0) is 18.6. The van der Waals surface area contributed by atoms with Gasteiger partial charge in [0, 0.05) is 26.2 Å². The van der Waals surface area contributed by atoms with Crippen molar-refractivity contribution in [3.8, 4) is 0 Å². The van der Waals surface area contributed by atoms with Crippen LogP contribution in [-0.4, -0.2) is 55.2 Å². The van der Waals surface area contributed by atoms with Gasteiger partial charge in [-0.3, -0.25) is 14.6 Å². The van der Waals surface area contributed by atoms with Crippen LogP contribution in [0.2, 0.25) is 0 Å². The Morgan fingerprint density at radius 3 is 2.78 bits per heavy atom. The first kappa shape index (κ1) is 18.6. The number of benzene rings is 1. The highest BCUT2D eigenvalue weighted by molar-refractivity contribution is 9.10. The molecule has 27 heavy (non-hydrogen) atoms. The second-order valence-electron chi connectivity index (χ2n) is 6.33. The van der Waals surface area contributed by atoms with Crippen LogP contribution in [0.15, 0.2) is 45.5 Å². The molecule has 0 atom stereocenters. The molecule has 0 saturated carbocycles. The van der Waals surface area contributed by atoms with Gasteiger partial charge in [-0.25, -0.2) is 4.98 Å². The van der Waals surface area contributed by atoms with E-state index in [2.05, 4.69) is 25.8 Å². The van der Waals surface area contributed by atoms with Gasteiger partial charge >= 0.3 is 0 Å². The molecule has 0 bridgehead atoms. The van der Waals surface area contributed by atoms with Crippen LogP contribution in [-0.2, 0) is 4.74 Å². The standard InChI is InChI=1S/C19H20BrN3O3S/c20-17-7-6-15(26-17)18(24)23(9-3-8-22-10-12-25-13-11-22)19-21-14-4-1-2-5-16(14)27-19/h1-2,4-7H,3,8-13H2. The molecule has 0 radical (unpaired) electrons. The number of fused-ring (bicyclic) bond motifs is 1. The molecule has 2 aromatic heterocycles. The van der Waals surface area contributed by atoms with Crippen LogP contribution in [0, 0.1) is 0 Å².